The zero-order chi connectivity index (χ0) is 11.4. The summed E-state index contributed by atoms with van der Waals surface area (Å²) in [6.45, 7) is 0.483. The van der Waals surface area contributed by atoms with Gasteiger partial charge >= 0.3 is 0 Å². The van der Waals surface area contributed by atoms with Crippen LogP contribution in [-0.2, 0) is 0 Å². The van der Waals surface area contributed by atoms with Crippen LogP contribution in [0.25, 0.3) is 0 Å². The predicted octanol–water partition coefficient (Wildman–Crippen LogP) is 2.87. The van der Waals surface area contributed by atoms with Crippen molar-refractivity contribution >= 4 is 0 Å². The van der Waals surface area contributed by atoms with Crippen molar-refractivity contribution in [3.05, 3.63) is 30.1 Å². The summed E-state index contributed by atoms with van der Waals surface area (Å²) in [7, 11) is 0. The van der Waals surface area contributed by atoms with Crippen molar-refractivity contribution in [3.8, 4) is 5.75 Å². The smallest absolute Gasteiger partial charge is 0.126 e. The molecule has 1 fully saturated rings. The van der Waals surface area contributed by atoms with Gasteiger partial charge in [-0.15, -0.1) is 0 Å². The van der Waals surface area contributed by atoms with Gasteiger partial charge in [0.1, 0.15) is 18.2 Å². The van der Waals surface area contributed by atoms with Crippen molar-refractivity contribution in [2.24, 2.45) is 5.73 Å². The quantitative estimate of drug-likeness (QED) is 0.855. The number of benzene rings is 1. The van der Waals surface area contributed by atoms with E-state index in [1.165, 1.54) is 31.4 Å². The first-order chi connectivity index (χ1) is 7.68. The molecule has 1 saturated carbocycles. The summed E-state index contributed by atoms with van der Waals surface area (Å²) >= 11 is 0. The van der Waals surface area contributed by atoms with Gasteiger partial charge in [0.2, 0.25) is 0 Å². The number of halogens is 1. The molecule has 1 aliphatic rings. The van der Waals surface area contributed by atoms with Gasteiger partial charge < -0.3 is 10.5 Å². The van der Waals surface area contributed by atoms with Gasteiger partial charge in [0.25, 0.3) is 0 Å². The summed E-state index contributed by atoms with van der Waals surface area (Å²) in [6.07, 6.45) is 5.61. The second kappa shape index (κ2) is 4.83. The molecule has 16 heavy (non-hydrogen) atoms. The largest absolute Gasteiger partial charge is 0.492 e. The first-order valence-electron chi connectivity index (χ1n) is 5.85. The number of hydrogen-bond acceptors (Lipinski definition) is 2. The van der Waals surface area contributed by atoms with E-state index in [0.717, 1.165) is 12.8 Å². The number of nitrogens with two attached hydrogens (primary N) is 1. The Morgan fingerprint density at radius 2 is 2.00 bits per heavy atom. The second-order valence-electron chi connectivity index (χ2n) is 4.67. The lowest BCUT2D eigenvalue weighted by Gasteiger charge is -2.33. The summed E-state index contributed by atoms with van der Waals surface area (Å²) in [4.78, 5) is 0. The summed E-state index contributed by atoms with van der Waals surface area (Å²) in [5, 5.41) is 0. The fraction of sp³-hybridized carbons (Fsp3) is 0.538. The second-order valence-corrected chi connectivity index (χ2v) is 4.67. The average molecular weight is 223 g/mol. The van der Waals surface area contributed by atoms with E-state index >= 15 is 0 Å². The summed E-state index contributed by atoms with van der Waals surface area (Å²) < 4.78 is 18.5. The molecule has 2 N–H and O–H groups in total. The molecule has 0 aliphatic heterocycles. The lowest BCUT2D eigenvalue weighted by Crippen LogP contribution is -2.47. The highest BCUT2D eigenvalue weighted by Gasteiger charge is 2.28. The topological polar surface area (TPSA) is 35.2 Å². The normalized spacial score (nSPS) is 19.4. The Bertz CT molecular complexity index is 348. The predicted molar refractivity (Wildman–Crippen MR) is 61.9 cm³/mol. The van der Waals surface area contributed by atoms with E-state index in [0.29, 0.717) is 12.4 Å². The van der Waals surface area contributed by atoms with Crippen molar-refractivity contribution in [1.29, 1.82) is 0 Å². The van der Waals surface area contributed by atoms with Crippen LogP contribution in [0.2, 0.25) is 0 Å². The zero-order valence-electron chi connectivity index (χ0n) is 9.42. The van der Waals surface area contributed by atoms with E-state index in [1.807, 2.05) is 0 Å². The van der Waals surface area contributed by atoms with E-state index in [2.05, 4.69) is 0 Å². The Hall–Kier alpha value is -1.09. The Kier molecular flexibility index (Phi) is 3.44. The number of ether oxygens (including phenoxy) is 1. The van der Waals surface area contributed by atoms with Crippen LogP contribution in [0, 0.1) is 5.82 Å². The molecule has 1 aromatic carbocycles. The highest BCUT2D eigenvalue weighted by atomic mass is 19.1. The summed E-state index contributed by atoms with van der Waals surface area (Å²) in [5.41, 5.74) is 6.01. The molecule has 2 nitrogen and oxygen atoms in total. The maximum atomic E-state index is 12.9. The van der Waals surface area contributed by atoms with E-state index in [-0.39, 0.29) is 11.4 Å². The standard InChI is InChI=1S/C13H18FNO/c14-11-5-4-6-12(9-11)16-10-13(15)7-2-1-3-8-13/h4-6,9H,1-3,7-8,10,15H2. The molecular weight excluding hydrogens is 205 g/mol. The monoisotopic (exact) mass is 223 g/mol. The zero-order valence-corrected chi connectivity index (χ0v) is 9.42. The molecule has 1 aromatic rings. The third kappa shape index (κ3) is 2.95. The van der Waals surface area contributed by atoms with Crippen LogP contribution in [0.15, 0.2) is 24.3 Å². The Balaban J connectivity index is 1.91. The van der Waals surface area contributed by atoms with Crippen molar-refractivity contribution < 1.29 is 9.13 Å². The summed E-state index contributed by atoms with van der Waals surface area (Å²) in [5.74, 6) is 0.294. The number of rotatable bonds is 3. The Morgan fingerprint density at radius 1 is 1.25 bits per heavy atom. The average Bonchev–Trinajstić information content (AvgIpc) is 2.28. The minimum atomic E-state index is -0.271. The van der Waals surface area contributed by atoms with E-state index in [9.17, 15) is 4.39 Å². The van der Waals surface area contributed by atoms with E-state index in [1.54, 1.807) is 12.1 Å². The van der Waals surface area contributed by atoms with Gasteiger partial charge in [-0.1, -0.05) is 25.3 Å². The van der Waals surface area contributed by atoms with Gasteiger partial charge in [0.15, 0.2) is 0 Å². The van der Waals surface area contributed by atoms with Gasteiger partial charge in [0.05, 0.1) is 5.54 Å². The van der Waals surface area contributed by atoms with Crippen LogP contribution in [0.5, 0.6) is 5.75 Å². The van der Waals surface area contributed by atoms with Gasteiger partial charge in [-0.3, -0.25) is 0 Å². The molecular formula is C13H18FNO. The van der Waals surface area contributed by atoms with Crippen LogP contribution in [0.4, 0.5) is 4.39 Å². The van der Waals surface area contributed by atoms with E-state index < -0.39 is 0 Å². The molecule has 0 aromatic heterocycles. The molecule has 0 unspecified atom stereocenters. The maximum Gasteiger partial charge on any atom is 0.126 e. The maximum absolute atomic E-state index is 12.9. The van der Waals surface area contributed by atoms with Gasteiger partial charge in [-0.25, -0.2) is 4.39 Å². The van der Waals surface area contributed by atoms with Crippen molar-refractivity contribution in [2.45, 2.75) is 37.6 Å². The first-order valence-corrected chi connectivity index (χ1v) is 5.85. The molecule has 0 saturated heterocycles. The SMILES string of the molecule is NC1(COc2cccc(F)c2)CCCCC1. The minimum absolute atomic E-state index is 0.218. The molecule has 0 heterocycles. The van der Waals surface area contributed by atoms with E-state index in [4.69, 9.17) is 10.5 Å². The Morgan fingerprint density at radius 3 is 2.69 bits per heavy atom. The minimum Gasteiger partial charge on any atom is -0.492 e. The summed E-state index contributed by atoms with van der Waals surface area (Å²) in [6, 6.07) is 6.21. The molecule has 0 radical (unpaired) electrons. The fourth-order valence-corrected chi connectivity index (χ4v) is 2.18. The molecule has 3 heteroatoms. The third-order valence-corrected chi connectivity index (χ3v) is 3.17. The molecule has 2 rings (SSSR count). The highest BCUT2D eigenvalue weighted by molar-refractivity contribution is 5.22. The molecule has 0 bridgehead atoms. The third-order valence-electron chi connectivity index (χ3n) is 3.17. The van der Waals surface area contributed by atoms with Gasteiger partial charge in [-0.05, 0) is 25.0 Å². The van der Waals surface area contributed by atoms with Crippen LogP contribution in [0.3, 0.4) is 0 Å². The van der Waals surface area contributed by atoms with Gasteiger partial charge in [-0.2, -0.15) is 0 Å². The van der Waals surface area contributed by atoms with Crippen molar-refractivity contribution in [2.75, 3.05) is 6.61 Å². The Labute approximate surface area is 95.6 Å². The molecule has 0 spiro atoms. The molecule has 88 valence electrons. The highest BCUT2D eigenvalue weighted by Crippen LogP contribution is 2.26. The van der Waals surface area contributed by atoms with Crippen LogP contribution < -0.4 is 10.5 Å². The van der Waals surface area contributed by atoms with Crippen LogP contribution in [0.1, 0.15) is 32.1 Å². The molecule has 0 amide bonds. The van der Waals surface area contributed by atoms with Crippen molar-refractivity contribution in [1.82, 2.24) is 0 Å². The van der Waals surface area contributed by atoms with Crippen LogP contribution >= 0.6 is 0 Å². The van der Waals surface area contributed by atoms with Gasteiger partial charge in [0, 0.05) is 6.07 Å². The van der Waals surface area contributed by atoms with Crippen molar-refractivity contribution in [3.63, 3.8) is 0 Å². The molecule has 1 aliphatic carbocycles. The lowest BCUT2D eigenvalue weighted by molar-refractivity contribution is 0.173. The first kappa shape index (κ1) is 11.4. The fourth-order valence-electron chi connectivity index (χ4n) is 2.18. The molecule has 0 atom stereocenters. The number of hydrogen-bond donors (Lipinski definition) is 1. The van der Waals surface area contributed by atoms with Crippen LogP contribution in [-0.4, -0.2) is 12.1 Å². The lowest BCUT2D eigenvalue weighted by atomic mass is 9.83.